The van der Waals surface area contributed by atoms with Crippen LogP contribution in [-0.2, 0) is 30.4 Å². The van der Waals surface area contributed by atoms with Gasteiger partial charge >= 0.3 is 24.3 Å². The third kappa shape index (κ3) is 11.6. The highest BCUT2D eigenvalue weighted by atomic mass is 19.4. The van der Waals surface area contributed by atoms with Crippen LogP contribution in [-0.4, -0.2) is 95.5 Å². The predicted molar refractivity (Wildman–Crippen MR) is 127 cm³/mol. The molecule has 0 amide bonds. The Morgan fingerprint density at radius 1 is 1.02 bits per heavy atom. The number of pyridine rings is 1. The second kappa shape index (κ2) is 14.9. The molecule has 3 fully saturated rings. The molecule has 1 spiro atoms. The number of rotatable bonds is 6. The Labute approximate surface area is 227 Å². The van der Waals surface area contributed by atoms with Crippen LogP contribution in [0.15, 0.2) is 18.2 Å². The standard InChI is InChI=1S/C21H32N2O3.2C2HF3O2/c1-17-3-2-4-19(22-17)14-25-9-5-18-6-12-26-21(13-18)15-23(16-21)20-7-10-24-11-8-20;2*3-2(4,5)1(6)7/h2-4,18,20H,5-16H2,1H3;2*(H,6,7). The quantitative estimate of drug-likeness (QED) is 0.372. The lowest BCUT2D eigenvalue weighted by atomic mass is 9.78. The summed E-state index contributed by atoms with van der Waals surface area (Å²) in [7, 11) is 0. The molecule has 15 heteroatoms. The largest absolute Gasteiger partial charge is 0.490 e. The predicted octanol–water partition coefficient (Wildman–Crippen LogP) is 4.22. The molecule has 1 aromatic rings. The molecule has 3 aliphatic heterocycles. The van der Waals surface area contributed by atoms with Crippen LogP contribution in [0.5, 0.6) is 0 Å². The molecule has 0 radical (unpaired) electrons. The van der Waals surface area contributed by atoms with Crippen LogP contribution in [0.4, 0.5) is 26.3 Å². The topological polar surface area (TPSA) is 118 Å². The highest BCUT2D eigenvalue weighted by molar-refractivity contribution is 5.73. The Hall–Kier alpha value is -2.49. The van der Waals surface area contributed by atoms with E-state index in [9.17, 15) is 26.3 Å². The molecule has 4 rings (SSSR count). The van der Waals surface area contributed by atoms with Gasteiger partial charge in [-0.05, 0) is 57.1 Å². The van der Waals surface area contributed by atoms with Gasteiger partial charge < -0.3 is 24.4 Å². The van der Waals surface area contributed by atoms with E-state index < -0.39 is 24.3 Å². The highest BCUT2D eigenvalue weighted by Gasteiger charge is 2.49. The average molecular weight is 589 g/mol. The Morgan fingerprint density at radius 2 is 1.60 bits per heavy atom. The Kier molecular flexibility index (Phi) is 12.6. The molecule has 0 bridgehead atoms. The minimum Gasteiger partial charge on any atom is -0.475 e. The fourth-order valence-corrected chi connectivity index (χ4v) is 4.71. The molecule has 0 aromatic carbocycles. The van der Waals surface area contributed by atoms with Crippen LogP contribution in [0.3, 0.4) is 0 Å². The number of halogens is 6. The van der Waals surface area contributed by atoms with E-state index in [-0.39, 0.29) is 5.60 Å². The van der Waals surface area contributed by atoms with E-state index in [1.807, 2.05) is 25.1 Å². The number of aliphatic carboxylic acids is 2. The molecular weight excluding hydrogens is 554 g/mol. The molecule has 1 aromatic heterocycles. The van der Waals surface area contributed by atoms with E-state index in [2.05, 4.69) is 9.88 Å². The highest BCUT2D eigenvalue weighted by Crippen LogP contribution is 2.40. The van der Waals surface area contributed by atoms with Crippen molar-refractivity contribution in [2.75, 3.05) is 39.5 Å². The van der Waals surface area contributed by atoms with Gasteiger partial charge in [-0.25, -0.2) is 9.59 Å². The molecule has 40 heavy (non-hydrogen) atoms. The molecular formula is C25H34F6N2O7. The van der Waals surface area contributed by atoms with E-state index in [1.54, 1.807) is 0 Å². The zero-order chi connectivity index (χ0) is 30.0. The van der Waals surface area contributed by atoms with Crippen LogP contribution < -0.4 is 0 Å². The monoisotopic (exact) mass is 588 g/mol. The minimum absolute atomic E-state index is 0.124. The molecule has 3 saturated heterocycles. The first kappa shape index (κ1) is 33.7. The first-order valence-electron chi connectivity index (χ1n) is 12.7. The van der Waals surface area contributed by atoms with Gasteiger partial charge in [0.25, 0.3) is 0 Å². The van der Waals surface area contributed by atoms with Crippen molar-refractivity contribution < 1.29 is 60.4 Å². The smallest absolute Gasteiger partial charge is 0.475 e. The van der Waals surface area contributed by atoms with Crippen molar-refractivity contribution in [2.45, 2.75) is 69.6 Å². The van der Waals surface area contributed by atoms with Crippen LogP contribution in [0.1, 0.15) is 43.5 Å². The number of hydrogen-bond acceptors (Lipinski definition) is 7. The summed E-state index contributed by atoms with van der Waals surface area (Å²) in [5, 5.41) is 14.2. The van der Waals surface area contributed by atoms with Crippen LogP contribution in [0.25, 0.3) is 0 Å². The summed E-state index contributed by atoms with van der Waals surface area (Å²) in [5.74, 6) is -4.79. The average Bonchev–Trinajstić information content (AvgIpc) is 2.85. The lowest BCUT2D eigenvalue weighted by Crippen LogP contribution is -2.68. The fourth-order valence-electron chi connectivity index (χ4n) is 4.71. The van der Waals surface area contributed by atoms with Gasteiger partial charge in [0.15, 0.2) is 0 Å². The van der Waals surface area contributed by atoms with Crippen molar-refractivity contribution in [3.8, 4) is 0 Å². The molecule has 9 nitrogen and oxygen atoms in total. The Balaban J connectivity index is 0.000000333. The third-order valence-corrected chi connectivity index (χ3v) is 6.64. The minimum atomic E-state index is -5.08. The molecule has 1 atom stereocenters. The van der Waals surface area contributed by atoms with Crippen LogP contribution in [0, 0.1) is 12.8 Å². The van der Waals surface area contributed by atoms with Gasteiger partial charge in [-0.3, -0.25) is 9.88 Å². The van der Waals surface area contributed by atoms with Gasteiger partial charge in [0.05, 0.1) is 17.9 Å². The zero-order valence-electron chi connectivity index (χ0n) is 22.0. The summed E-state index contributed by atoms with van der Waals surface area (Å²) in [6.07, 6.45) is -4.31. The van der Waals surface area contributed by atoms with E-state index in [4.69, 9.17) is 34.0 Å². The maximum atomic E-state index is 10.6. The Bertz CT molecular complexity index is 924. The van der Waals surface area contributed by atoms with Gasteiger partial charge in [0, 0.05) is 51.3 Å². The zero-order valence-corrected chi connectivity index (χ0v) is 22.0. The number of aromatic nitrogens is 1. The van der Waals surface area contributed by atoms with Crippen molar-refractivity contribution in [3.05, 3.63) is 29.6 Å². The van der Waals surface area contributed by atoms with Crippen molar-refractivity contribution in [1.29, 1.82) is 0 Å². The summed E-state index contributed by atoms with van der Waals surface area (Å²) in [6, 6.07) is 6.82. The first-order valence-corrected chi connectivity index (χ1v) is 12.7. The van der Waals surface area contributed by atoms with Gasteiger partial charge in [-0.15, -0.1) is 0 Å². The van der Waals surface area contributed by atoms with Crippen molar-refractivity contribution >= 4 is 11.9 Å². The van der Waals surface area contributed by atoms with E-state index >= 15 is 0 Å². The summed E-state index contributed by atoms with van der Waals surface area (Å²) in [4.78, 5) is 24.9. The summed E-state index contributed by atoms with van der Waals surface area (Å²) < 4.78 is 81.1. The van der Waals surface area contributed by atoms with Gasteiger partial charge in [-0.2, -0.15) is 26.3 Å². The fraction of sp³-hybridized carbons (Fsp3) is 0.720. The number of likely N-dealkylation sites (tertiary alicyclic amines) is 1. The van der Waals surface area contributed by atoms with E-state index in [0.29, 0.717) is 12.6 Å². The van der Waals surface area contributed by atoms with E-state index in [1.165, 1.54) is 25.7 Å². The van der Waals surface area contributed by atoms with E-state index in [0.717, 1.165) is 63.2 Å². The number of carboxylic acids is 2. The summed E-state index contributed by atoms with van der Waals surface area (Å²) in [6.45, 7) is 8.44. The number of alkyl halides is 6. The maximum Gasteiger partial charge on any atom is 0.490 e. The molecule has 228 valence electrons. The molecule has 2 N–H and O–H groups in total. The van der Waals surface area contributed by atoms with Gasteiger partial charge in [0.2, 0.25) is 0 Å². The second-order valence-electron chi connectivity index (χ2n) is 9.86. The summed E-state index contributed by atoms with van der Waals surface area (Å²) >= 11 is 0. The molecule has 3 aliphatic rings. The molecule has 0 aliphatic carbocycles. The number of ether oxygens (including phenoxy) is 3. The second-order valence-corrected chi connectivity index (χ2v) is 9.86. The van der Waals surface area contributed by atoms with Gasteiger partial charge in [0.1, 0.15) is 0 Å². The number of carboxylic acid groups (broad SMARTS) is 2. The lowest BCUT2D eigenvalue weighted by Gasteiger charge is -2.56. The van der Waals surface area contributed by atoms with Crippen LogP contribution >= 0.6 is 0 Å². The summed E-state index contributed by atoms with van der Waals surface area (Å²) in [5.41, 5.74) is 2.20. The van der Waals surface area contributed by atoms with Crippen LogP contribution in [0.2, 0.25) is 0 Å². The molecule has 0 saturated carbocycles. The SMILES string of the molecule is Cc1cccc(COCCC2CCOC3(C2)CN(C2CCOCC2)C3)n1.O=C(O)C(F)(F)F.O=C(O)C(F)(F)F. The number of nitrogens with zero attached hydrogens (tertiary/aromatic N) is 2. The normalized spacial score (nSPS) is 21.3. The third-order valence-electron chi connectivity index (χ3n) is 6.64. The van der Waals surface area contributed by atoms with Crippen molar-refractivity contribution in [2.24, 2.45) is 5.92 Å². The first-order chi connectivity index (χ1) is 18.6. The van der Waals surface area contributed by atoms with Crippen molar-refractivity contribution in [3.63, 3.8) is 0 Å². The van der Waals surface area contributed by atoms with Gasteiger partial charge in [-0.1, -0.05) is 6.07 Å². The number of aryl methyl sites for hydroxylation is 1. The maximum absolute atomic E-state index is 10.6. The molecule has 4 heterocycles. The van der Waals surface area contributed by atoms with Crippen molar-refractivity contribution in [1.82, 2.24) is 9.88 Å². The molecule has 1 unspecified atom stereocenters. The lowest BCUT2D eigenvalue weighted by molar-refractivity contribution is -0.195. The Morgan fingerprint density at radius 3 is 2.12 bits per heavy atom. The number of carbonyl (C=O) groups is 2. The number of hydrogen-bond donors (Lipinski definition) is 2.